The molecule has 8 heteroatoms. The van der Waals surface area contributed by atoms with Crippen molar-refractivity contribution in [2.45, 2.75) is 58.5 Å². The van der Waals surface area contributed by atoms with Gasteiger partial charge in [-0.15, -0.1) is 0 Å². The Morgan fingerprint density at radius 2 is 2.03 bits per heavy atom. The average molecular weight is 459 g/mol. The first kappa shape index (κ1) is 22.1. The number of nitrogens with zero attached hydrogens (tertiary/aromatic N) is 5. The van der Waals surface area contributed by atoms with E-state index < -0.39 is 0 Å². The van der Waals surface area contributed by atoms with Gasteiger partial charge in [0.1, 0.15) is 12.4 Å². The first-order valence-corrected chi connectivity index (χ1v) is 11.7. The summed E-state index contributed by atoms with van der Waals surface area (Å²) in [7, 11) is 0. The number of aryl methyl sites for hydroxylation is 1. The van der Waals surface area contributed by atoms with E-state index in [9.17, 15) is 4.79 Å². The lowest BCUT2D eigenvalue weighted by atomic mass is 10.1. The summed E-state index contributed by atoms with van der Waals surface area (Å²) in [6.07, 6.45) is 7.60. The van der Waals surface area contributed by atoms with Gasteiger partial charge in [0.15, 0.2) is 5.65 Å². The number of anilines is 1. The van der Waals surface area contributed by atoms with E-state index in [0.29, 0.717) is 36.1 Å². The molecule has 8 nitrogen and oxygen atoms in total. The molecule has 1 aliphatic carbocycles. The van der Waals surface area contributed by atoms with Crippen LogP contribution >= 0.6 is 0 Å². The highest BCUT2D eigenvalue weighted by molar-refractivity contribution is 6.13. The number of hydrogen-bond acceptors (Lipinski definition) is 5. The Kier molecular flexibility index (Phi) is 5.59. The molecule has 1 fully saturated rings. The SMILES string of the molecule is Cc1nn(C(C)(C)C)c2nc(C3CC3)cc(C(=O)Nc3ccccc3OCCn3ccnc3)c12. The van der Waals surface area contributed by atoms with Crippen LogP contribution in [0.4, 0.5) is 5.69 Å². The van der Waals surface area contributed by atoms with Crippen molar-refractivity contribution < 1.29 is 9.53 Å². The standard InChI is InChI=1S/C26H30N6O2/c1-17-23-19(15-21(18-9-10-18)28-24(23)32(30-17)26(2,3)4)25(33)29-20-7-5-6-8-22(20)34-14-13-31-12-11-27-16-31/h5-8,11-12,15-16,18H,9-10,13-14H2,1-4H3,(H,29,33). The second-order valence-electron chi connectivity index (χ2n) is 9.83. The first-order valence-electron chi connectivity index (χ1n) is 11.7. The average Bonchev–Trinajstić information content (AvgIpc) is 3.41. The Labute approximate surface area is 199 Å². The van der Waals surface area contributed by atoms with Crippen molar-refractivity contribution in [3.63, 3.8) is 0 Å². The zero-order valence-corrected chi connectivity index (χ0v) is 20.1. The lowest BCUT2D eigenvalue weighted by molar-refractivity contribution is 0.102. The van der Waals surface area contributed by atoms with Crippen LogP contribution < -0.4 is 10.1 Å². The number of benzene rings is 1. The van der Waals surface area contributed by atoms with Crippen LogP contribution in [0.3, 0.4) is 0 Å². The van der Waals surface area contributed by atoms with E-state index in [1.807, 2.05) is 52.7 Å². The minimum atomic E-state index is -0.245. The predicted octanol–water partition coefficient (Wildman–Crippen LogP) is 4.90. The van der Waals surface area contributed by atoms with Crippen LogP contribution in [-0.2, 0) is 12.1 Å². The number of amides is 1. The third-order valence-electron chi connectivity index (χ3n) is 6.01. The van der Waals surface area contributed by atoms with Crippen molar-refractivity contribution in [2.75, 3.05) is 11.9 Å². The van der Waals surface area contributed by atoms with Crippen LogP contribution in [0.5, 0.6) is 5.75 Å². The van der Waals surface area contributed by atoms with Crippen molar-refractivity contribution in [1.82, 2.24) is 24.3 Å². The normalized spacial score (nSPS) is 13.9. The van der Waals surface area contributed by atoms with E-state index >= 15 is 0 Å². The minimum Gasteiger partial charge on any atom is -0.490 e. The van der Waals surface area contributed by atoms with Crippen LogP contribution in [0.1, 0.15) is 61.3 Å². The van der Waals surface area contributed by atoms with Gasteiger partial charge in [0.25, 0.3) is 5.91 Å². The number of pyridine rings is 1. The van der Waals surface area contributed by atoms with Crippen molar-refractivity contribution in [1.29, 1.82) is 0 Å². The van der Waals surface area contributed by atoms with Gasteiger partial charge in [-0.05, 0) is 58.7 Å². The first-order chi connectivity index (χ1) is 16.3. The maximum absolute atomic E-state index is 13.6. The largest absolute Gasteiger partial charge is 0.490 e. The topological polar surface area (TPSA) is 86.9 Å². The quantitative estimate of drug-likeness (QED) is 0.426. The number of hydrogen-bond donors (Lipinski definition) is 1. The highest BCUT2D eigenvalue weighted by Crippen LogP contribution is 2.41. The molecule has 5 rings (SSSR count). The van der Waals surface area contributed by atoms with Gasteiger partial charge in [-0.3, -0.25) is 4.79 Å². The molecule has 0 aliphatic heterocycles. The molecule has 0 atom stereocenters. The molecule has 1 aromatic carbocycles. The number of fused-ring (bicyclic) bond motifs is 1. The summed E-state index contributed by atoms with van der Waals surface area (Å²) < 4.78 is 9.87. The zero-order chi connectivity index (χ0) is 23.9. The summed E-state index contributed by atoms with van der Waals surface area (Å²) in [5.74, 6) is 0.862. The number of ether oxygens (including phenoxy) is 1. The molecule has 0 unspecified atom stereocenters. The number of nitrogens with one attached hydrogen (secondary N) is 1. The third-order valence-corrected chi connectivity index (χ3v) is 6.01. The second kappa shape index (κ2) is 8.59. The Bertz CT molecular complexity index is 1330. The van der Waals surface area contributed by atoms with Gasteiger partial charge in [0, 0.05) is 24.0 Å². The van der Waals surface area contributed by atoms with Gasteiger partial charge in [-0.1, -0.05) is 12.1 Å². The summed E-state index contributed by atoms with van der Waals surface area (Å²) in [4.78, 5) is 22.6. The molecule has 0 saturated heterocycles. The van der Waals surface area contributed by atoms with Crippen molar-refractivity contribution in [3.8, 4) is 5.75 Å². The molecule has 1 saturated carbocycles. The summed E-state index contributed by atoms with van der Waals surface area (Å²) in [5.41, 5.74) is 3.53. The van der Waals surface area contributed by atoms with Crippen LogP contribution in [0.25, 0.3) is 11.0 Å². The zero-order valence-electron chi connectivity index (χ0n) is 20.1. The summed E-state index contributed by atoms with van der Waals surface area (Å²) in [6, 6.07) is 9.45. The maximum atomic E-state index is 13.6. The monoisotopic (exact) mass is 458 g/mol. The minimum absolute atomic E-state index is 0.184. The smallest absolute Gasteiger partial charge is 0.256 e. The predicted molar refractivity (Wildman–Crippen MR) is 131 cm³/mol. The molecule has 0 radical (unpaired) electrons. The second-order valence-corrected chi connectivity index (χ2v) is 9.83. The summed E-state index contributed by atoms with van der Waals surface area (Å²) in [5, 5.41) is 8.63. The molecule has 4 aromatic rings. The van der Waals surface area contributed by atoms with Crippen LogP contribution in [0.2, 0.25) is 0 Å². The lowest BCUT2D eigenvalue weighted by Gasteiger charge is -2.20. The van der Waals surface area contributed by atoms with Crippen molar-refractivity contribution in [3.05, 3.63) is 66.0 Å². The number of carbonyl (C=O) groups is 1. The van der Waals surface area contributed by atoms with E-state index in [4.69, 9.17) is 14.8 Å². The molecule has 34 heavy (non-hydrogen) atoms. The number of carbonyl (C=O) groups excluding carboxylic acids is 1. The van der Waals surface area contributed by atoms with E-state index in [2.05, 4.69) is 31.1 Å². The number of para-hydroxylation sites is 2. The summed E-state index contributed by atoms with van der Waals surface area (Å²) in [6.45, 7) is 9.37. The van der Waals surface area contributed by atoms with E-state index in [0.717, 1.165) is 35.3 Å². The molecule has 1 aliphatic rings. The number of aromatic nitrogens is 5. The van der Waals surface area contributed by atoms with Crippen molar-refractivity contribution >= 4 is 22.6 Å². The number of rotatable bonds is 7. The molecule has 0 spiro atoms. The highest BCUT2D eigenvalue weighted by atomic mass is 16.5. The molecule has 176 valence electrons. The van der Waals surface area contributed by atoms with Gasteiger partial charge in [-0.25, -0.2) is 14.6 Å². The summed E-state index contributed by atoms with van der Waals surface area (Å²) >= 11 is 0. The molecular formula is C26H30N6O2. The highest BCUT2D eigenvalue weighted by Gasteiger charge is 2.30. The third kappa shape index (κ3) is 4.40. The van der Waals surface area contributed by atoms with Gasteiger partial charge < -0.3 is 14.6 Å². The van der Waals surface area contributed by atoms with Gasteiger partial charge in [-0.2, -0.15) is 5.10 Å². The van der Waals surface area contributed by atoms with Gasteiger partial charge >= 0.3 is 0 Å². The lowest BCUT2D eigenvalue weighted by Crippen LogP contribution is -2.24. The van der Waals surface area contributed by atoms with E-state index in [-0.39, 0.29) is 11.4 Å². The van der Waals surface area contributed by atoms with Crippen LogP contribution in [-0.4, -0.2) is 36.8 Å². The van der Waals surface area contributed by atoms with E-state index in [1.165, 1.54) is 0 Å². The Hall–Kier alpha value is -3.68. The Balaban J connectivity index is 1.46. The van der Waals surface area contributed by atoms with Gasteiger partial charge in [0.05, 0.1) is 40.7 Å². The molecule has 1 amide bonds. The van der Waals surface area contributed by atoms with Crippen LogP contribution in [0.15, 0.2) is 49.1 Å². The van der Waals surface area contributed by atoms with Crippen molar-refractivity contribution in [2.24, 2.45) is 0 Å². The van der Waals surface area contributed by atoms with E-state index in [1.54, 1.807) is 12.5 Å². The fourth-order valence-electron chi connectivity index (χ4n) is 4.11. The van der Waals surface area contributed by atoms with Gasteiger partial charge in [0.2, 0.25) is 0 Å². The Morgan fingerprint density at radius 1 is 1.24 bits per heavy atom. The maximum Gasteiger partial charge on any atom is 0.256 e. The molecule has 0 bridgehead atoms. The molecular weight excluding hydrogens is 428 g/mol. The van der Waals surface area contributed by atoms with Crippen LogP contribution in [0, 0.1) is 6.92 Å². The number of imidazole rings is 1. The molecule has 3 heterocycles. The fourth-order valence-corrected chi connectivity index (χ4v) is 4.11. The molecule has 3 aromatic heterocycles. The molecule has 1 N–H and O–H groups in total. The fraction of sp³-hybridized carbons (Fsp3) is 0.385. The Morgan fingerprint density at radius 3 is 2.74 bits per heavy atom.